The number of aromatic nitrogens is 1. The van der Waals surface area contributed by atoms with Crippen molar-refractivity contribution in [1.82, 2.24) is 9.71 Å². The maximum Gasteiger partial charge on any atom is 0.242 e. The third-order valence-electron chi connectivity index (χ3n) is 2.35. The van der Waals surface area contributed by atoms with Gasteiger partial charge in [-0.05, 0) is 18.4 Å². The highest BCUT2D eigenvalue weighted by Crippen LogP contribution is 2.15. The molecule has 0 aromatic carbocycles. The predicted octanol–water partition coefficient (Wildman–Crippen LogP) is 1.81. The largest absolute Gasteiger partial charge is 0.329 e. The molecule has 0 aliphatic carbocycles. The van der Waals surface area contributed by atoms with Gasteiger partial charge in [0.05, 0.1) is 5.02 Å². The number of sulfonamides is 1. The molecule has 8 heteroatoms. The molecule has 0 aliphatic rings. The van der Waals surface area contributed by atoms with Gasteiger partial charge < -0.3 is 5.73 Å². The van der Waals surface area contributed by atoms with Crippen LogP contribution in [0.25, 0.3) is 0 Å². The summed E-state index contributed by atoms with van der Waals surface area (Å²) in [6.45, 7) is 4.28. The van der Waals surface area contributed by atoms with E-state index in [1.165, 1.54) is 18.5 Å². The number of nitrogens with two attached hydrogens (primary N) is 1. The van der Waals surface area contributed by atoms with Crippen LogP contribution in [0.5, 0.6) is 0 Å². The standard InChI is InChI=1S/C11H18ClN3O2S.ClH/c1-8(2)3-10(5-13)15-18(16,17)11-4-9(12)6-14-7-11;/h4,6-8,10,15H,3,5,13H2,1-2H3;1H. The first kappa shape index (κ1) is 18.6. The molecule has 1 atom stereocenters. The Labute approximate surface area is 125 Å². The summed E-state index contributed by atoms with van der Waals surface area (Å²) in [5.41, 5.74) is 5.57. The van der Waals surface area contributed by atoms with Crippen LogP contribution >= 0.6 is 24.0 Å². The third kappa shape index (κ3) is 6.05. The molecule has 0 saturated carbocycles. The van der Waals surface area contributed by atoms with Crippen molar-refractivity contribution in [2.75, 3.05) is 6.54 Å². The summed E-state index contributed by atoms with van der Waals surface area (Å²) in [6, 6.07) is 1.08. The molecule has 0 saturated heterocycles. The Morgan fingerprint density at radius 3 is 2.53 bits per heavy atom. The second kappa shape index (κ2) is 8.01. The fourth-order valence-electron chi connectivity index (χ4n) is 1.59. The molecule has 0 aliphatic heterocycles. The highest BCUT2D eigenvalue weighted by atomic mass is 35.5. The minimum absolute atomic E-state index is 0. The Balaban J connectivity index is 0.00000324. The first-order chi connectivity index (χ1) is 8.35. The monoisotopic (exact) mass is 327 g/mol. The average molecular weight is 328 g/mol. The molecule has 0 radical (unpaired) electrons. The first-order valence-electron chi connectivity index (χ1n) is 5.68. The van der Waals surface area contributed by atoms with Gasteiger partial charge in [-0.1, -0.05) is 25.4 Å². The molecule has 1 aromatic heterocycles. The Morgan fingerprint density at radius 1 is 1.42 bits per heavy atom. The number of nitrogens with one attached hydrogen (secondary N) is 1. The summed E-state index contributed by atoms with van der Waals surface area (Å²) in [4.78, 5) is 3.82. The van der Waals surface area contributed by atoms with Crippen LogP contribution in [0.4, 0.5) is 0 Å². The van der Waals surface area contributed by atoms with E-state index < -0.39 is 10.0 Å². The number of rotatable bonds is 6. The maximum atomic E-state index is 12.1. The second-order valence-corrected chi connectivity index (χ2v) is 6.67. The van der Waals surface area contributed by atoms with Crippen molar-refractivity contribution in [3.63, 3.8) is 0 Å². The molecule has 0 amide bonds. The highest BCUT2D eigenvalue weighted by molar-refractivity contribution is 7.89. The molecule has 1 heterocycles. The fourth-order valence-corrected chi connectivity index (χ4v) is 3.08. The van der Waals surface area contributed by atoms with Crippen molar-refractivity contribution in [3.8, 4) is 0 Å². The van der Waals surface area contributed by atoms with Crippen LogP contribution in [-0.2, 0) is 10.0 Å². The van der Waals surface area contributed by atoms with Crippen LogP contribution in [0.15, 0.2) is 23.4 Å². The first-order valence-corrected chi connectivity index (χ1v) is 7.54. The van der Waals surface area contributed by atoms with Gasteiger partial charge in [0.2, 0.25) is 10.0 Å². The Kier molecular flexibility index (Phi) is 7.85. The van der Waals surface area contributed by atoms with E-state index in [1.54, 1.807) is 0 Å². The normalized spacial score (nSPS) is 13.1. The van der Waals surface area contributed by atoms with Crippen LogP contribution < -0.4 is 10.5 Å². The quantitative estimate of drug-likeness (QED) is 0.834. The summed E-state index contributed by atoms with van der Waals surface area (Å²) in [5.74, 6) is 0.360. The van der Waals surface area contributed by atoms with E-state index in [4.69, 9.17) is 17.3 Å². The van der Waals surface area contributed by atoms with Crippen molar-refractivity contribution in [3.05, 3.63) is 23.5 Å². The average Bonchev–Trinajstić information content (AvgIpc) is 2.27. The van der Waals surface area contributed by atoms with Gasteiger partial charge in [0.1, 0.15) is 4.90 Å². The Bertz CT molecular complexity index is 494. The SMILES string of the molecule is CC(C)CC(CN)NS(=O)(=O)c1cncc(Cl)c1.Cl. The molecular weight excluding hydrogens is 309 g/mol. The van der Waals surface area contributed by atoms with E-state index in [-0.39, 0.29) is 34.9 Å². The molecule has 110 valence electrons. The van der Waals surface area contributed by atoms with E-state index in [0.29, 0.717) is 12.3 Å². The van der Waals surface area contributed by atoms with Gasteiger partial charge in [-0.15, -0.1) is 12.4 Å². The molecule has 0 fully saturated rings. The minimum atomic E-state index is -3.62. The zero-order chi connectivity index (χ0) is 13.8. The Morgan fingerprint density at radius 2 is 2.05 bits per heavy atom. The second-order valence-electron chi connectivity index (χ2n) is 4.52. The van der Waals surface area contributed by atoms with Crippen LogP contribution in [0.2, 0.25) is 5.02 Å². The lowest BCUT2D eigenvalue weighted by Crippen LogP contribution is -2.41. The summed E-state index contributed by atoms with van der Waals surface area (Å²) in [6.07, 6.45) is 3.33. The zero-order valence-corrected chi connectivity index (χ0v) is 13.2. The molecular formula is C11H19Cl2N3O2S. The molecule has 3 N–H and O–H groups in total. The lowest BCUT2D eigenvalue weighted by molar-refractivity contribution is 0.465. The van der Waals surface area contributed by atoms with E-state index in [1.807, 2.05) is 13.8 Å². The van der Waals surface area contributed by atoms with E-state index in [0.717, 1.165) is 0 Å². The van der Waals surface area contributed by atoms with Crippen molar-refractivity contribution in [1.29, 1.82) is 0 Å². The summed E-state index contributed by atoms with van der Waals surface area (Å²) in [7, 11) is -3.62. The van der Waals surface area contributed by atoms with Gasteiger partial charge >= 0.3 is 0 Å². The van der Waals surface area contributed by atoms with Gasteiger partial charge in [0, 0.05) is 25.0 Å². The smallest absolute Gasteiger partial charge is 0.242 e. The minimum Gasteiger partial charge on any atom is -0.329 e. The summed E-state index contributed by atoms with van der Waals surface area (Å²) in [5, 5.41) is 0.283. The highest BCUT2D eigenvalue weighted by Gasteiger charge is 2.20. The van der Waals surface area contributed by atoms with Crippen molar-refractivity contribution in [2.45, 2.75) is 31.2 Å². The lowest BCUT2D eigenvalue weighted by Gasteiger charge is -2.18. The van der Waals surface area contributed by atoms with Crippen LogP contribution in [0, 0.1) is 5.92 Å². The molecule has 1 unspecified atom stereocenters. The van der Waals surface area contributed by atoms with Crippen LogP contribution in [-0.4, -0.2) is 26.0 Å². The van der Waals surface area contributed by atoms with E-state index in [2.05, 4.69) is 9.71 Å². The van der Waals surface area contributed by atoms with Crippen LogP contribution in [0.1, 0.15) is 20.3 Å². The van der Waals surface area contributed by atoms with E-state index in [9.17, 15) is 8.42 Å². The molecule has 0 spiro atoms. The van der Waals surface area contributed by atoms with E-state index >= 15 is 0 Å². The number of hydrogen-bond donors (Lipinski definition) is 2. The predicted molar refractivity (Wildman–Crippen MR) is 79.1 cm³/mol. The van der Waals surface area contributed by atoms with Crippen molar-refractivity contribution in [2.24, 2.45) is 11.7 Å². The van der Waals surface area contributed by atoms with Gasteiger partial charge in [-0.2, -0.15) is 0 Å². The molecule has 5 nitrogen and oxygen atoms in total. The number of pyridine rings is 1. The van der Waals surface area contributed by atoms with Crippen LogP contribution in [0.3, 0.4) is 0 Å². The zero-order valence-electron chi connectivity index (χ0n) is 10.8. The van der Waals surface area contributed by atoms with Gasteiger partial charge in [-0.3, -0.25) is 4.98 Å². The maximum absolute atomic E-state index is 12.1. The molecule has 1 aromatic rings. The van der Waals surface area contributed by atoms with Gasteiger partial charge in [-0.25, -0.2) is 13.1 Å². The summed E-state index contributed by atoms with van der Waals surface area (Å²) < 4.78 is 26.7. The molecule has 19 heavy (non-hydrogen) atoms. The van der Waals surface area contributed by atoms with Gasteiger partial charge in [0.15, 0.2) is 0 Å². The number of hydrogen-bond acceptors (Lipinski definition) is 4. The fraction of sp³-hybridized carbons (Fsp3) is 0.545. The molecule has 0 bridgehead atoms. The number of nitrogens with zero attached hydrogens (tertiary/aromatic N) is 1. The lowest BCUT2D eigenvalue weighted by atomic mass is 10.1. The molecule has 1 rings (SSSR count). The summed E-state index contributed by atoms with van der Waals surface area (Å²) >= 11 is 5.73. The van der Waals surface area contributed by atoms with Crippen molar-refractivity contribution >= 4 is 34.0 Å². The number of halogens is 2. The van der Waals surface area contributed by atoms with Crippen molar-refractivity contribution < 1.29 is 8.42 Å². The topological polar surface area (TPSA) is 85.1 Å². The third-order valence-corrected chi connectivity index (χ3v) is 4.05. The van der Waals surface area contributed by atoms with Gasteiger partial charge in [0.25, 0.3) is 0 Å². The Hall–Kier alpha value is -0.400.